The maximum atomic E-state index is 12.9. The molecule has 2 rings (SSSR count). The molecule has 11 heteroatoms. The van der Waals surface area contributed by atoms with Crippen molar-refractivity contribution in [3.8, 4) is 0 Å². The highest BCUT2D eigenvalue weighted by Gasteiger charge is 2.30. The second-order valence-electron chi connectivity index (χ2n) is 11.3. The van der Waals surface area contributed by atoms with Gasteiger partial charge in [-0.25, -0.2) is 4.79 Å². The highest BCUT2D eigenvalue weighted by atomic mass is 16.6. The molecule has 2 unspecified atom stereocenters. The number of aliphatic hydroxyl groups is 1. The fourth-order valence-corrected chi connectivity index (χ4v) is 4.73. The monoisotopic (exact) mass is 551 g/mol. The predicted octanol–water partition coefficient (Wildman–Crippen LogP) is 3.29. The fourth-order valence-electron chi connectivity index (χ4n) is 4.73. The van der Waals surface area contributed by atoms with E-state index in [-0.39, 0.29) is 19.3 Å². The van der Waals surface area contributed by atoms with Crippen molar-refractivity contribution >= 4 is 23.9 Å². The Bertz CT molecular complexity index is 906. The number of carbonyl (C=O) groups is 4. The number of hydrogen-bond donors (Lipinski definition) is 5. The Morgan fingerprint density at radius 1 is 1.13 bits per heavy atom. The van der Waals surface area contributed by atoms with Crippen LogP contribution in [0.3, 0.4) is 0 Å². The standard InChI is InChI=1S/C28H45N3O8/c1-28(2,3)39-27(37)31-22(17-19-9-5-4-6-10-19)23(32)18-24(33)30-21(13-14-25(34)35)26(36)29-15-7-11-20-12-8-16-38-20/h8,12,16,19,21-23,32H,4-7,9-11,13-15,17-18H2,1-3H3,(H,29,36)(H,30,33)(H,31,37)(H,34,35)/t21-,22?,23?/m0/s1. The first-order valence-corrected chi connectivity index (χ1v) is 13.9. The number of furan rings is 1. The molecule has 3 atom stereocenters. The number of aryl methyl sites for hydroxylation is 1. The molecule has 0 spiro atoms. The summed E-state index contributed by atoms with van der Waals surface area (Å²) in [7, 11) is 0. The lowest BCUT2D eigenvalue weighted by atomic mass is 9.83. The lowest BCUT2D eigenvalue weighted by molar-refractivity contribution is -0.138. The molecule has 1 fully saturated rings. The topological polar surface area (TPSA) is 167 Å². The minimum absolute atomic E-state index is 0.0944. The van der Waals surface area contributed by atoms with Crippen molar-refractivity contribution in [2.24, 2.45) is 5.92 Å². The Morgan fingerprint density at radius 2 is 1.85 bits per heavy atom. The number of amides is 3. The lowest BCUT2D eigenvalue weighted by Gasteiger charge is -2.31. The van der Waals surface area contributed by atoms with E-state index in [4.69, 9.17) is 14.3 Å². The Kier molecular flexibility index (Phi) is 13.3. The Labute approximate surface area is 230 Å². The number of hydrogen-bond acceptors (Lipinski definition) is 7. The number of carboxylic acids is 1. The van der Waals surface area contributed by atoms with Crippen LogP contribution in [0.2, 0.25) is 0 Å². The normalized spacial score (nSPS) is 16.5. The van der Waals surface area contributed by atoms with Gasteiger partial charge in [0.25, 0.3) is 0 Å². The Morgan fingerprint density at radius 3 is 2.46 bits per heavy atom. The zero-order valence-electron chi connectivity index (χ0n) is 23.4. The molecule has 1 aliphatic rings. The molecule has 0 saturated heterocycles. The van der Waals surface area contributed by atoms with Crippen LogP contribution in [-0.2, 0) is 25.5 Å². The minimum Gasteiger partial charge on any atom is -0.481 e. The highest BCUT2D eigenvalue weighted by Crippen LogP contribution is 2.28. The van der Waals surface area contributed by atoms with Crippen LogP contribution in [0.15, 0.2) is 22.8 Å². The van der Waals surface area contributed by atoms with Crippen LogP contribution in [0.4, 0.5) is 4.79 Å². The summed E-state index contributed by atoms with van der Waals surface area (Å²) in [5.74, 6) is -1.09. The molecule has 1 heterocycles. The van der Waals surface area contributed by atoms with Crippen molar-refractivity contribution in [1.29, 1.82) is 0 Å². The Balaban J connectivity index is 1.96. The molecule has 0 aromatic carbocycles. The minimum atomic E-state index is -1.21. The summed E-state index contributed by atoms with van der Waals surface area (Å²) in [6.07, 6.45) is 5.98. The molecule has 1 aromatic rings. The van der Waals surface area contributed by atoms with E-state index in [1.807, 2.05) is 6.07 Å². The maximum absolute atomic E-state index is 12.9. The van der Waals surface area contributed by atoms with Gasteiger partial charge in [0.1, 0.15) is 17.4 Å². The summed E-state index contributed by atoms with van der Waals surface area (Å²) < 4.78 is 10.6. The van der Waals surface area contributed by atoms with Crippen LogP contribution in [0.5, 0.6) is 0 Å². The van der Waals surface area contributed by atoms with Crippen molar-refractivity contribution in [3.63, 3.8) is 0 Å². The van der Waals surface area contributed by atoms with E-state index in [2.05, 4.69) is 16.0 Å². The van der Waals surface area contributed by atoms with Gasteiger partial charge in [0, 0.05) is 19.4 Å². The molecule has 39 heavy (non-hydrogen) atoms. The summed E-state index contributed by atoms with van der Waals surface area (Å²) in [5.41, 5.74) is -0.718. The number of nitrogens with one attached hydrogen (secondary N) is 3. The number of aliphatic carboxylic acids is 1. The van der Waals surface area contributed by atoms with Gasteiger partial charge >= 0.3 is 12.1 Å². The van der Waals surface area contributed by atoms with Crippen LogP contribution in [0.1, 0.15) is 90.7 Å². The number of rotatable bonds is 15. The van der Waals surface area contributed by atoms with Crippen molar-refractivity contribution < 1.29 is 38.5 Å². The maximum Gasteiger partial charge on any atom is 0.407 e. The zero-order valence-corrected chi connectivity index (χ0v) is 23.4. The van der Waals surface area contributed by atoms with E-state index in [1.54, 1.807) is 33.1 Å². The third-order valence-corrected chi connectivity index (χ3v) is 6.65. The molecule has 0 radical (unpaired) electrons. The van der Waals surface area contributed by atoms with E-state index >= 15 is 0 Å². The van der Waals surface area contributed by atoms with E-state index in [0.29, 0.717) is 31.7 Å². The molecule has 5 N–H and O–H groups in total. The molecule has 0 aliphatic heterocycles. The molecule has 220 valence electrons. The van der Waals surface area contributed by atoms with E-state index in [0.717, 1.165) is 37.9 Å². The molecular formula is C28H45N3O8. The molecule has 0 bridgehead atoms. The van der Waals surface area contributed by atoms with Gasteiger partial charge in [-0.2, -0.15) is 0 Å². The summed E-state index contributed by atoms with van der Waals surface area (Å²) in [4.78, 5) is 49.2. The van der Waals surface area contributed by atoms with Crippen molar-refractivity contribution in [3.05, 3.63) is 24.2 Å². The first kappa shape index (κ1) is 32.1. The smallest absolute Gasteiger partial charge is 0.407 e. The number of alkyl carbamates (subject to hydrolysis) is 1. The molecule has 11 nitrogen and oxygen atoms in total. The second-order valence-corrected chi connectivity index (χ2v) is 11.3. The van der Waals surface area contributed by atoms with Crippen LogP contribution in [0, 0.1) is 5.92 Å². The van der Waals surface area contributed by atoms with Gasteiger partial charge in [0.15, 0.2) is 0 Å². The van der Waals surface area contributed by atoms with E-state index in [9.17, 15) is 24.3 Å². The molecule has 3 amide bonds. The summed E-state index contributed by atoms with van der Waals surface area (Å²) >= 11 is 0. The number of ether oxygens (including phenoxy) is 1. The molecular weight excluding hydrogens is 506 g/mol. The molecule has 1 saturated carbocycles. The highest BCUT2D eigenvalue weighted by molar-refractivity contribution is 5.88. The van der Waals surface area contributed by atoms with Crippen LogP contribution in [0.25, 0.3) is 0 Å². The predicted molar refractivity (Wildman–Crippen MR) is 144 cm³/mol. The van der Waals surface area contributed by atoms with Crippen molar-refractivity contribution in [2.75, 3.05) is 6.54 Å². The van der Waals surface area contributed by atoms with Crippen LogP contribution in [-0.4, -0.2) is 64.4 Å². The van der Waals surface area contributed by atoms with Crippen molar-refractivity contribution in [1.82, 2.24) is 16.0 Å². The summed E-state index contributed by atoms with van der Waals surface area (Å²) in [6, 6.07) is 1.84. The fraction of sp³-hybridized carbons (Fsp3) is 0.714. The van der Waals surface area contributed by atoms with Gasteiger partial charge in [-0.05, 0) is 58.1 Å². The average molecular weight is 552 g/mol. The van der Waals surface area contributed by atoms with Crippen LogP contribution >= 0.6 is 0 Å². The summed E-state index contributed by atoms with van der Waals surface area (Å²) in [6.45, 7) is 5.55. The van der Waals surface area contributed by atoms with E-state index < -0.39 is 47.7 Å². The largest absolute Gasteiger partial charge is 0.481 e. The van der Waals surface area contributed by atoms with Gasteiger partial charge in [-0.1, -0.05) is 32.1 Å². The van der Waals surface area contributed by atoms with Crippen LogP contribution < -0.4 is 16.0 Å². The average Bonchev–Trinajstić information content (AvgIpc) is 3.37. The zero-order chi connectivity index (χ0) is 28.8. The number of carbonyl (C=O) groups excluding carboxylic acids is 3. The Hall–Kier alpha value is -3.08. The third kappa shape index (κ3) is 13.5. The molecule has 1 aromatic heterocycles. The van der Waals surface area contributed by atoms with Gasteiger partial charge in [-0.3, -0.25) is 14.4 Å². The SMILES string of the molecule is CC(C)(C)OC(=O)NC(CC1CCCCC1)C(O)CC(=O)N[C@@H](CCC(=O)O)C(=O)NCCCc1ccco1. The van der Waals surface area contributed by atoms with Gasteiger partial charge < -0.3 is 35.3 Å². The second kappa shape index (κ2) is 16.1. The van der Waals surface area contributed by atoms with Gasteiger partial charge in [0.05, 0.1) is 24.8 Å². The molecule has 1 aliphatic carbocycles. The first-order valence-electron chi connectivity index (χ1n) is 13.9. The summed E-state index contributed by atoms with van der Waals surface area (Å²) in [5, 5.41) is 28.1. The van der Waals surface area contributed by atoms with E-state index in [1.165, 1.54) is 0 Å². The van der Waals surface area contributed by atoms with Gasteiger partial charge in [-0.15, -0.1) is 0 Å². The lowest BCUT2D eigenvalue weighted by Crippen LogP contribution is -2.50. The first-order chi connectivity index (χ1) is 18.4. The quantitative estimate of drug-likeness (QED) is 0.207. The number of aliphatic hydroxyl groups excluding tert-OH is 1. The third-order valence-electron chi connectivity index (χ3n) is 6.65. The van der Waals surface area contributed by atoms with Crippen molar-refractivity contribution in [2.45, 2.75) is 115 Å². The number of carboxylic acid groups (broad SMARTS) is 1. The van der Waals surface area contributed by atoms with Gasteiger partial charge in [0.2, 0.25) is 11.8 Å².